The van der Waals surface area contributed by atoms with E-state index in [1.807, 2.05) is 7.05 Å². The molecule has 3 N–H and O–H groups in total. The predicted octanol–water partition coefficient (Wildman–Crippen LogP) is 0.969. The zero-order valence-electron chi connectivity index (χ0n) is 7.57. The lowest BCUT2D eigenvalue weighted by Crippen LogP contribution is -2.36. The normalized spacial score (nSPS) is 15.3. The Bertz CT molecular complexity index is 79.7. The Morgan fingerprint density at radius 2 is 1.90 bits per heavy atom. The second-order valence-corrected chi connectivity index (χ2v) is 3.99. The second-order valence-electron chi connectivity index (χ2n) is 3.99. The Morgan fingerprint density at radius 1 is 1.40 bits per heavy atom. The standard InChI is InChI=1S/C8H20N2/c1-8(2,3)5-7(6-9)10-4/h7,10H,5-6,9H2,1-4H3. The Balaban J connectivity index is 3.63. The fourth-order valence-electron chi connectivity index (χ4n) is 1.04. The molecular weight excluding hydrogens is 124 g/mol. The van der Waals surface area contributed by atoms with E-state index in [9.17, 15) is 0 Å². The molecule has 0 saturated heterocycles. The van der Waals surface area contributed by atoms with Crippen molar-refractivity contribution in [2.75, 3.05) is 13.6 Å². The summed E-state index contributed by atoms with van der Waals surface area (Å²) in [7, 11) is 1.96. The number of hydrogen-bond donors (Lipinski definition) is 2. The minimum atomic E-state index is 0.382. The third-order valence-electron chi connectivity index (χ3n) is 1.55. The van der Waals surface area contributed by atoms with Gasteiger partial charge in [-0.25, -0.2) is 0 Å². The number of rotatable bonds is 3. The van der Waals surface area contributed by atoms with E-state index in [0.29, 0.717) is 11.5 Å². The van der Waals surface area contributed by atoms with Gasteiger partial charge in [-0.1, -0.05) is 20.8 Å². The average Bonchev–Trinajstić information content (AvgIpc) is 1.81. The molecule has 0 aromatic carbocycles. The van der Waals surface area contributed by atoms with Crippen LogP contribution in [0.3, 0.4) is 0 Å². The summed E-state index contributed by atoms with van der Waals surface area (Å²) in [6.45, 7) is 7.42. The molecule has 10 heavy (non-hydrogen) atoms. The highest BCUT2D eigenvalue weighted by Crippen LogP contribution is 2.19. The maximum atomic E-state index is 5.53. The lowest BCUT2D eigenvalue weighted by Gasteiger charge is -2.24. The van der Waals surface area contributed by atoms with Crippen molar-refractivity contribution in [1.82, 2.24) is 5.32 Å². The van der Waals surface area contributed by atoms with Crippen LogP contribution < -0.4 is 11.1 Å². The van der Waals surface area contributed by atoms with Crippen LogP contribution in [-0.2, 0) is 0 Å². The molecule has 0 saturated carbocycles. The molecule has 0 aliphatic heterocycles. The first-order valence-corrected chi connectivity index (χ1v) is 3.87. The summed E-state index contributed by atoms with van der Waals surface area (Å²) in [6, 6.07) is 0.472. The largest absolute Gasteiger partial charge is 0.329 e. The first kappa shape index (κ1) is 9.92. The molecule has 0 amide bonds. The Hall–Kier alpha value is -0.0800. The summed E-state index contributed by atoms with van der Waals surface area (Å²) < 4.78 is 0. The molecule has 0 rings (SSSR count). The first-order chi connectivity index (χ1) is 4.49. The summed E-state index contributed by atoms with van der Waals surface area (Å²) >= 11 is 0. The van der Waals surface area contributed by atoms with E-state index in [0.717, 1.165) is 13.0 Å². The smallest absolute Gasteiger partial charge is 0.0192 e. The van der Waals surface area contributed by atoms with Gasteiger partial charge in [-0.2, -0.15) is 0 Å². The van der Waals surface area contributed by atoms with Crippen molar-refractivity contribution in [3.05, 3.63) is 0 Å². The average molecular weight is 144 g/mol. The Labute approximate surface area is 64.2 Å². The van der Waals surface area contributed by atoms with Crippen LogP contribution in [0.2, 0.25) is 0 Å². The topological polar surface area (TPSA) is 38.0 Å². The van der Waals surface area contributed by atoms with Crippen LogP contribution in [0.15, 0.2) is 0 Å². The van der Waals surface area contributed by atoms with Crippen molar-refractivity contribution < 1.29 is 0 Å². The van der Waals surface area contributed by atoms with Gasteiger partial charge >= 0.3 is 0 Å². The van der Waals surface area contributed by atoms with Crippen LogP contribution in [0.1, 0.15) is 27.2 Å². The van der Waals surface area contributed by atoms with Gasteiger partial charge in [-0.3, -0.25) is 0 Å². The van der Waals surface area contributed by atoms with E-state index in [1.165, 1.54) is 0 Å². The third kappa shape index (κ3) is 4.77. The van der Waals surface area contributed by atoms with Crippen molar-refractivity contribution in [3.8, 4) is 0 Å². The molecule has 1 atom stereocenters. The van der Waals surface area contributed by atoms with Crippen molar-refractivity contribution in [1.29, 1.82) is 0 Å². The van der Waals surface area contributed by atoms with Crippen LogP contribution in [0, 0.1) is 5.41 Å². The van der Waals surface area contributed by atoms with E-state index < -0.39 is 0 Å². The number of nitrogens with two attached hydrogens (primary N) is 1. The summed E-state index contributed by atoms with van der Waals surface area (Å²) in [5, 5.41) is 3.18. The van der Waals surface area contributed by atoms with Gasteiger partial charge in [0.2, 0.25) is 0 Å². The van der Waals surface area contributed by atoms with Crippen LogP contribution in [0.4, 0.5) is 0 Å². The quantitative estimate of drug-likeness (QED) is 0.619. The van der Waals surface area contributed by atoms with Crippen LogP contribution in [0.25, 0.3) is 0 Å². The molecule has 0 heterocycles. The van der Waals surface area contributed by atoms with E-state index in [2.05, 4.69) is 26.1 Å². The zero-order valence-corrected chi connectivity index (χ0v) is 7.57. The van der Waals surface area contributed by atoms with Crippen molar-refractivity contribution >= 4 is 0 Å². The molecule has 2 nitrogen and oxygen atoms in total. The molecule has 0 aromatic rings. The van der Waals surface area contributed by atoms with Gasteiger partial charge < -0.3 is 11.1 Å². The Morgan fingerprint density at radius 3 is 2.00 bits per heavy atom. The molecule has 0 bridgehead atoms. The summed E-state index contributed by atoms with van der Waals surface area (Å²) in [5.74, 6) is 0. The summed E-state index contributed by atoms with van der Waals surface area (Å²) in [4.78, 5) is 0. The summed E-state index contributed by atoms with van der Waals surface area (Å²) in [5.41, 5.74) is 5.91. The lowest BCUT2D eigenvalue weighted by molar-refractivity contribution is 0.320. The van der Waals surface area contributed by atoms with Crippen molar-refractivity contribution in [2.45, 2.75) is 33.2 Å². The first-order valence-electron chi connectivity index (χ1n) is 3.87. The molecule has 0 radical (unpaired) electrons. The SMILES string of the molecule is CNC(CN)CC(C)(C)C. The molecule has 0 aromatic heterocycles. The van der Waals surface area contributed by atoms with Gasteiger partial charge in [-0.15, -0.1) is 0 Å². The fraction of sp³-hybridized carbons (Fsp3) is 1.00. The van der Waals surface area contributed by atoms with Crippen molar-refractivity contribution in [3.63, 3.8) is 0 Å². The molecule has 0 spiro atoms. The van der Waals surface area contributed by atoms with Gasteiger partial charge in [0.1, 0.15) is 0 Å². The number of hydrogen-bond acceptors (Lipinski definition) is 2. The molecule has 0 aliphatic rings. The summed E-state index contributed by atoms with van der Waals surface area (Å²) in [6.07, 6.45) is 1.14. The van der Waals surface area contributed by atoms with E-state index >= 15 is 0 Å². The molecule has 1 unspecified atom stereocenters. The molecular formula is C8H20N2. The number of nitrogens with one attached hydrogen (secondary N) is 1. The highest BCUT2D eigenvalue weighted by Gasteiger charge is 2.15. The van der Waals surface area contributed by atoms with E-state index in [1.54, 1.807) is 0 Å². The van der Waals surface area contributed by atoms with Gasteiger partial charge in [0.05, 0.1) is 0 Å². The minimum Gasteiger partial charge on any atom is -0.329 e. The van der Waals surface area contributed by atoms with Gasteiger partial charge in [-0.05, 0) is 18.9 Å². The fourth-order valence-corrected chi connectivity index (χ4v) is 1.04. The van der Waals surface area contributed by atoms with E-state index in [-0.39, 0.29) is 0 Å². The van der Waals surface area contributed by atoms with E-state index in [4.69, 9.17) is 5.73 Å². The maximum Gasteiger partial charge on any atom is 0.0192 e. The predicted molar refractivity (Wildman–Crippen MR) is 46.0 cm³/mol. The Kier molecular flexibility index (Phi) is 3.91. The maximum absolute atomic E-state index is 5.53. The number of likely N-dealkylation sites (N-methyl/N-ethyl adjacent to an activating group) is 1. The molecule has 0 aliphatic carbocycles. The van der Waals surface area contributed by atoms with Crippen LogP contribution in [0.5, 0.6) is 0 Å². The van der Waals surface area contributed by atoms with Crippen LogP contribution >= 0.6 is 0 Å². The van der Waals surface area contributed by atoms with Gasteiger partial charge in [0, 0.05) is 12.6 Å². The molecule has 62 valence electrons. The van der Waals surface area contributed by atoms with Crippen LogP contribution in [-0.4, -0.2) is 19.6 Å². The highest BCUT2D eigenvalue weighted by atomic mass is 14.9. The molecule has 0 fully saturated rings. The van der Waals surface area contributed by atoms with Crippen molar-refractivity contribution in [2.24, 2.45) is 11.1 Å². The minimum absolute atomic E-state index is 0.382. The third-order valence-corrected chi connectivity index (χ3v) is 1.55. The highest BCUT2D eigenvalue weighted by molar-refractivity contribution is 4.73. The second kappa shape index (κ2) is 3.94. The lowest BCUT2D eigenvalue weighted by atomic mass is 9.88. The van der Waals surface area contributed by atoms with Gasteiger partial charge in [0.15, 0.2) is 0 Å². The van der Waals surface area contributed by atoms with Gasteiger partial charge in [0.25, 0.3) is 0 Å². The zero-order chi connectivity index (χ0) is 8.20. The molecule has 2 heteroatoms. The monoisotopic (exact) mass is 144 g/mol.